The van der Waals surface area contributed by atoms with Crippen molar-refractivity contribution >= 4 is 10.9 Å². The molecule has 0 radical (unpaired) electrons. The number of aromatic nitrogens is 1. The summed E-state index contributed by atoms with van der Waals surface area (Å²) in [6, 6.07) is 14.2. The molecule has 0 spiro atoms. The van der Waals surface area contributed by atoms with Crippen LogP contribution in [0.15, 0.2) is 48.0 Å². The molecule has 1 aromatic heterocycles. The van der Waals surface area contributed by atoms with Crippen LogP contribution < -0.4 is 0 Å². The van der Waals surface area contributed by atoms with Crippen LogP contribution in [0, 0.1) is 0 Å². The average Bonchev–Trinajstić information content (AvgIpc) is 2.70. The fourth-order valence-electron chi connectivity index (χ4n) is 3.70. The first-order valence-corrected chi connectivity index (χ1v) is 7.56. The van der Waals surface area contributed by atoms with Crippen molar-refractivity contribution in [3.63, 3.8) is 0 Å². The smallest absolute Gasteiger partial charge is 0.0705 e. The normalized spacial score (nSPS) is 25.9. The SMILES string of the molecule is CN1C2C=C(Cc3ccc4ccccc4n3)CC1CC2. The van der Waals surface area contributed by atoms with Gasteiger partial charge in [-0.2, -0.15) is 0 Å². The molecule has 0 N–H and O–H groups in total. The second kappa shape index (κ2) is 4.71. The molecule has 2 aliphatic heterocycles. The van der Waals surface area contributed by atoms with E-state index in [-0.39, 0.29) is 0 Å². The van der Waals surface area contributed by atoms with Crippen LogP contribution in [0.2, 0.25) is 0 Å². The number of likely N-dealkylation sites (N-methyl/N-ethyl adjacent to an activating group) is 1. The molecule has 1 saturated heterocycles. The lowest BCUT2D eigenvalue weighted by molar-refractivity contribution is 0.253. The summed E-state index contributed by atoms with van der Waals surface area (Å²) < 4.78 is 0. The summed E-state index contributed by atoms with van der Waals surface area (Å²) in [5.74, 6) is 0. The van der Waals surface area contributed by atoms with E-state index in [2.05, 4.69) is 54.4 Å². The number of para-hydroxylation sites is 1. The second-order valence-corrected chi connectivity index (χ2v) is 6.17. The minimum absolute atomic E-state index is 0.671. The quantitative estimate of drug-likeness (QED) is 0.771. The molecule has 0 amide bonds. The third kappa shape index (κ3) is 2.04. The fraction of sp³-hybridized carbons (Fsp3) is 0.389. The summed E-state index contributed by atoms with van der Waals surface area (Å²) in [4.78, 5) is 7.34. The number of nitrogens with zero attached hydrogens (tertiary/aromatic N) is 2. The molecule has 3 heterocycles. The molecular formula is C18H20N2. The Morgan fingerprint density at radius 3 is 2.95 bits per heavy atom. The first kappa shape index (κ1) is 12.1. The molecule has 0 aliphatic carbocycles. The summed E-state index contributed by atoms with van der Waals surface area (Å²) in [6.45, 7) is 0. The number of pyridine rings is 1. The summed E-state index contributed by atoms with van der Waals surface area (Å²) >= 11 is 0. The van der Waals surface area contributed by atoms with E-state index >= 15 is 0 Å². The topological polar surface area (TPSA) is 16.1 Å². The maximum Gasteiger partial charge on any atom is 0.0705 e. The van der Waals surface area contributed by atoms with Gasteiger partial charge in [-0.05, 0) is 38.4 Å². The van der Waals surface area contributed by atoms with Crippen molar-refractivity contribution in [3.8, 4) is 0 Å². The molecule has 2 atom stereocenters. The van der Waals surface area contributed by atoms with Crippen LogP contribution in [0.1, 0.15) is 25.0 Å². The van der Waals surface area contributed by atoms with Crippen LogP contribution in [0.4, 0.5) is 0 Å². The van der Waals surface area contributed by atoms with Crippen LogP contribution in [0.25, 0.3) is 10.9 Å². The molecule has 0 saturated carbocycles. The molecule has 2 nitrogen and oxygen atoms in total. The lowest BCUT2D eigenvalue weighted by Gasteiger charge is -2.30. The summed E-state index contributed by atoms with van der Waals surface area (Å²) in [6.07, 6.45) is 7.41. The molecule has 1 aromatic carbocycles. The molecule has 20 heavy (non-hydrogen) atoms. The number of hydrogen-bond donors (Lipinski definition) is 0. The standard InChI is InChI=1S/C18H20N2/c1-20-16-8-9-17(20)12-13(11-16)10-15-7-6-14-4-2-3-5-18(14)19-15/h2-7,11,16-17H,8-10,12H2,1H3. The van der Waals surface area contributed by atoms with Gasteiger partial charge in [-0.1, -0.05) is 35.9 Å². The van der Waals surface area contributed by atoms with Gasteiger partial charge in [-0.15, -0.1) is 0 Å². The van der Waals surface area contributed by atoms with Crippen molar-refractivity contribution in [1.29, 1.82) is 0 Å². The molecule has 2 aromatic rings. The average molecular weight is 264 g/mol. The van der Waals surface area contributed by atoms with Gasteiger partial charge in [0.1, 0.15) is 0 Å². The van der Waals surface area contributed by atoms with Crippen LogP contribution >= 0.6 is 0 Å². The van der Waals surface area contributed by atoms with Crippen LogP contribution in [0.3, 0.4) is 0 Å². The van der Waals surface area contributed by atoms with E-state index in [1.54, 1.807) is 5.57 Å². The minimum Gasteiger partial charge on any atom is -0.297 e. The number of rotatable bonds is 2. The number of benzene rings is 1. The lowest BCUT2D eigenvalue weighted by Crippen LogP contribution is -2.35. The lowest BCUT2D eigenvalue weighted by atomic mass is 9.97. The zero-order valence-electron chi connectivity index (χ0n) is 11.9. The van der Waals surface area contributed by atoms with E-state index in [0.717, 1.165) is 18.0 Å². The summed E-state index contributed by atoms with van der Waals surface area (Å²) in [5.41, 5.74) is 3.90. The van der Waals surface area contributed by atoms with Crippen molar-refractivity contribution < 1.29 is 0 Å². The van der Waals surface area contributed by atoms with Gasteiger partial charge >= 0.3 is 0 Å². The van der Waals surface area contributed by atoms with Gasteiger partial charge < -0.3 is 0 Å². The Morgan fingerprint density at radius 2 is 2.05 bits per heavy atom. The Kier molecular flexibility index (Phi) is 2.85. The zero-order chi connectivity index (χ0) is 13.5. The van der Waals surface area contributed by atoms with Gasteiger partial charge in [-0.25, -0.2) is 0 Å². The predicted molar refractivity (Wildman–Crippen MR) is 82.7 cm³/mol. The highest BCUT2D eigenvalue weighted by Crippen LogP contribution is 2.34. The monoisotopic (exact) mass is 264 g/mol. The third-order valence-electron chi connectivity index (χ3n) is 4.88. The van der Waals surface area contributed by atoms with E-state index < -0.39 is 0 Å². The Hall–Kier alpha value is -1.67. The number of hydrogen-bond acceptors (Lipinski definition) is 2. The number of fused-ring (bicyclic) bond motifs is 3. The van der Waals surface area contributed by atoms with Gasteiger partial charge in [-0.3, -0.25) is 9.88 Å². The molecule has 4 rings (SSSR count). The molecule has 102 valence electrons. The molecule has 1 fully saturated rings. The third-order valence-corrected chi connectivity index (χ3v) is 4.88. The van der Waals surface area contributed by atoms with Crippen molar-refractivity contribution in [3.05, 3.63) is 53.7 Å². The van der Waals surface area contributed by atoms with Crippen LogP contribution in [-0.2, 0) is 6.42 Å². The van der Waals surface area contributed by atoms with E-state index in [9.17, 15) is 0 Å². The Morgan fingerprint density at radius 1 is 1.15 bits per heavy atom. The van der Waals surface area contributed by atoms with Crippen molar-refractivity contribution in [2.45, 2.75) is 37.8 Å². The van der Waals surface area contributed by atoms with E-state index in [1.165, 1.54) is 30.3 Å². The van der Waals surface area contributed by atoms with E-state index in [1.807, 2.05) is 0 Å². The van der Waals surface area contributed by atoms with Gasteiger partial charge in [0.15, 0.2) is 0 Å². The second-order valence-electron chi connectivity index (χ2n) is 6.17. The van der Waals surface area contributed by atoms with Crippen molar-refractivity contribution in [1.82, 2.24) is 9.88 Å². The molecule has 2 bridgehead atoms. The molecule has 2 aliphatic rings. The summed E-state index contributed by atoms with van der Waals surface area (Å²) in [7, 11) is 2.27. The van der Waals surface area contributed by atoms with Crippen LogP contribution in [0.5, 0.6) is 0 Å². The highest BCUT2D eigenvalue weighted by Gasteiger charge is 2.33. The first-order chi connectivity index (χ1) is 9.79. The van der Waals surface area contributed by atoms with Crippen LogP contribution in [-0.4, -0.2) is 29.0 Å². The first-order valence-electron chi connectivity index (χ1n) is 7.56. The zero-order valence-corrected chi connectivity index (χ0v) is 11.9. The Labute approximate surface area is 120 Å². The Balaban J connectivity index is 1.60. The van der Waals surface area contributed by atoms with Gasteiger partial charge in [0, 0.05) is 29.6 Å². The maximum atomic E-state index is 4.80. The summed E-state index contributed by atoms with van der Waals surface area (Å²) in [5, 5.41) is 1.23. The van der Waals surface area contributed by atoms with Gasteiger partial charge in [0.2, 0.25) is 0 Å². The molecular weight excluding hydrogens is 244 g/mol. The Bertz CT molecular complexity index is 674. The largest absolute Gasteiger partial charge is 0.297 e. The van der Waals surface area contributed by atoms with E-state index in [4.69, 9.17) is 4.98 Å². The molecule has 2 heteroatoms. The van der Waals surface area contributed by atoms with Crippen molar-refractivity contribution in [2.75, 3.05) is 7.05 Å². The van der Waals surface area contributed by atoms with E-state index in [0.29, 0.717) is 6.04 Å². The maximum absolute atomic E-state index is 4.80. The minimum atomic E-state index is 0.671. The fourth-order valence-corrected chi connectivity index (χ4v) is 3.70. The van der Waals surface area contributed by atoms with Gasteiger partial charge in [0.05, 0.1) is 5.52 Å². The highest BCUT2D eigenvalue weighted by molar-refractivity contribution is 5.78. The van der Waals surface area contributed by atoms with Gasteiger partial charge in [0.25, 0.3) is 0 Å². The molecule has 2 unspecified atom stereocenters. The van der Waals surface area contributed by atoms with Crippen molar-refractivity contribution in [2.24, 2.45) is 0 Å². The highest BCUT2D eigenvalue weighted by atomic mass is 15.2. The predicted octanol–water partition coefficient (Wildman–Crippen LogP) is 3.57.